The molecule has 18 heavy (non-hydrogen) atoms. The molecule has 0 aromatic heterocycles. The van der Waals surface area contributed by atoms with Crippen molar-refractivity contribution >= 4 is 27.3 Å². The first-order valence-electron chi connectivity index (χ1n) is 5.22. The van der Waals surface area contributed by atoms with Crippen LogP contribution in [0, 0.1) is 0 Å². The topological polar surface area (TPSA) is 133 Å². The van der Waals surface area contributed by atoms with E-state index in [1.165, 1.54) is 12.1 Å². The number of amides is 1. The number of para-hydroxylation sites is 1. The van der Waals surface area contributed by atoms with E-state index in [2.05, 4.69) is 0 Å². The largest absolute Gasteiger partial charge is 0.396 e. The maximum Gasteiger partial charge on any atom is 0.240 e. The molecule has 0 saturated heterocycles. The number of likely N-dealkylation sites (N-methyl/N-ethyl adjacent to an activating group) is 1. The Balaban J connectivity index is 3.29. The summed E-state index contributed by atoms with van der Waals surface area (Å²) in [6, 6.07) is 4.43. The minimum absolute atomic E-state index is 0.0168. The zero-order valence-corrected chi connectivity index (χ0v) is 10.8. The highest BCUT2D eigenvalue weighted by Gasteiger charge is 2.18. The molecule has 0 aliphatic rings. The van der Waals surface area contributed by atoms with E-state index in [-0.39, 0.29) is 17.1 Å². The monoisotopic (exact) mass is 272 g/mol. The lowest BCUT2D eigenvalue weighted by Gasteiger charge is -2.23. The van der Waals surface area contributed by atoms with Gasteiger partial charge in [0.05, 0.1) is 17.9 Å². The molecule has 0 bridgehead atoms. The fourth-order valence-electron chi connectivity index (χ4n) is 1.61. The molecule has 0 aliphatic carbocycles. The van der Waals surface area contributed by atoms with Crippen LogP contribution >= 0.6 is 0 Å². The Hall–Kier alpha value is -1.80. The van der Waals surface area contributed by atoms with Crippen molar-refractivity contribution < 1.29 is 13.2 Å². The molecule has 1 aromatic rings. The predicted octanol–water partition coefficient (Wildman–Crippen LogP) is -0.772. The summed E-state index contributed by atoms with van der Waals surface area (Å²) < 4.78 is 22.7. The molecule has 1 rings (SSSR count). The fourth-order valence-corrected chi connectivity index (χ4v) is 2.29. The SMILES string of the molecule is CCN(CC(N)=O)c1cccc(S(N)(=O)=O)c1N. The first-order chi connectivity index (χ1) is 8.27. The number of benzene rings is 1. The Kier molecular flexibility index (Phi) is 4.15. The van der Waals surface area contributed by atoms with Crippen molar-refractivity contribution in [2.75, 3.05) is 23.7 Å². The number of nitrogens with two attached hydrogens (primary N) is 3. The third-order valence-corrected chi connectivity index (χ3v) is 3.39. The lowest BCUT2D eigenvalue weighted by atomic mass is 10.2. The third-order valence-electron chi connectivity index (χ3n) is 2.42. The number of hydrogen-bond acceptors (Lipinski definition) is 5. The second kappa shape index (κ2) is 5.23. The Morgan fingerprint density at radius 1 is 1.39 bits per heavy atom. The first-order valence-corrected chi connectivity index (χ1v) is 6.76. The smallest absolute Gasteiger partial charge is 0.240 e. The lowest BCUT2D eigenvalue weighted by molar-refractivity contribution is -0.116. The number of carbonyl (C=O) groups is 1. The molecule has 1 aromatic carbocycles. The zero-order valence-electron chi connectivity index (χ0n) is 9.96. The van der Waals surface area contributed by atoms with Crippen LogP contribution in [0.15, 0.2) is 23.1 Å². The summed E-state index contributed by atoms with van der Waals surface area (Å²) in [5.41, 5.74) is 11.3. The number of hydrogen-bond donors (Lipinski definition) is 3. The Bertz CT molecular complexity index is 556. The number of rotatable bonds is 5. The summed E-state index contributed by atoms with van der Waals surface area (Å²) in [6.07, 6.45) is 0. The van der Waals surface area contributed by atoms with Gasteiger partial charge in [-0.2, -0.15) is 0 Å². The van der Waals surface area contributed by atoms with E-state index in [9.17, 15) is 13.2 Å². The molecule has 6 N–H and O–H groups in total. The van der Waals surface area contributed by atoms with E-state index < -0.39 is 15.9 Å². The lowest BCUT2D eigenvalue weighted by Crippen LogP contribution is -2.34. The quantitative estimate of drug-likeness (QED) is 0.605. The first kappa shape index (κ1) is 14.3. The van der Waals surface area contributed by atoms with Crippen LogP contribution in [0.5, 0.6) is 0 Å². The van der Waals surface area contributed by atoms with Crippen LogP contribution in [-0.2, 0) is 14.8 Å². The van der Waals surface area contributed by atoms with Gasteiger partial charge in [-0.15, -0.1) is 0 Å². The molecule has 1 amide bonds. The van der Waals surface area contributed by atoms with E-state index in [1.807, 2.05) is 0 Å². The molecule has 0 aliphatic heterocycles. The number of sulfonamides is 1. The van der Waals surface area contributed by atoms with Crippen LogP contribution in [0.4, 0.5) is 11.4 Å². The highest BCUT2D eigenvalue weighted by molar-refractivity contribution is 7.89. The molecule has 100 valence electrons. The average Bonchev–Trinajstić information content (AvgIpc) is 2.24. The van der Waals surface area contributed by atoms with E-state index >= 15 is 0 Å². The second-order valence-corrected chi connectivity index (χ2v) is 5.24. The van der Waals surface area contributed by atoms with Crippen LogP contribution in [0.25, 0.3) is 0 Å². The van der Waals surface area contributed by atoms with Gasteiger partial charge in [-0.3, -0.25) is 4.79 Å². The average molecular weight is 272 g/mol. The summed E-state index contributed by atoms with van der Waals surface area (Å²) in [7, 11) is -3.89. The summed E-state index contributed by atoms with van der Waals surface area (Å²) in [4.78, 5) is 12.3. The van der Waals surface area contributed by atoms with Gasteiger partial charge in [0.25, 0.3) is 0 Å². The van der Waals surface area contributed by atoms with E-state index in [1.54, 1.807) is 17.9 Å². The third kappa shape index (κ3) is 3.11. The second-order valence-electron chi connectivity index (χ2n) is 3.71. The van der Waals surface area contributed by atoms with E-state index in [0.29, 0.717) is 12.2 Å². The number of anilines is 2. The normalized spacial score (nSPS) is 11.2. The van der Waals surface area contributed by atoms with Crippen molar-refractivity contribution in [1.29, 1.82) is 0 Å². The number of primary sulfonamides is 1. The van der Waals surface area contributed by atoms with Crippen LogP contribution in [-0.4, -0.2) is 27.4 Å². The van der Waals surface area contributed by atoms with Gasteiger partial charge >= 0.3 is 0 Å². The van der Waals surface area contributed by atoms with Crippen molar-refractivity contribution in [1.82, 2.24) is 0 Å². The van der Waals surface area contributed by atoms with Crippen molar-refractivity contribution in [2.45, 2.75) is 11.8 Å². The van der Waals surface area contributed by atoms with Crippen LogP contribution in [0.1, 0.15) is 6.92 Å². The van der Waals surface area contributed by atoms with Crippen molar-refractivity contribution in [3.63, 3.8) is 0 Å². The van der Waals surface area contributed by atoms with Crippen molar-refractivity contribution in [3.05, 3.63) is 18.2 Å². The summed E-state index contributed by atoms with van der Waals surface area (Å²) in [6.45, 7) is 2.21. The van der Waals surface area contributed by atoms with Gasteiger partial charge in [0.15, 0.2) is 0 Å². The van der Waals surface area contributed by atoms with Gasteiger partial charge in [-0.05, 0) is 19.1 Å². The van der Waals surface area contributed by atoms with Gasteiger partial charge in [0, 0.05) is 6.54 Å². The Morgan fingerprint density at radius 3 is 2.44 bits per heavy atom. The Labute approximate surface area is 106 Å². The molecular formula is C10H16N4O3S. The van der Waals surface area contributed by atoms with Crippen molar-refractivity contribution in [3.8, 4) is 0 Å². The molecule has 0 spiro atoms. The summed E-state index contributed by atoms with van der Waals surface area (Å²) >= 11 is 0. The number of carbonyl (C=O) groups excluding carboxylic acids is 1. The van der Waals surface area contributed by atoms with E-state index in [4.69, 9.17) is 16.6 Å². The molecule has 0 atom stereocenters. The summed E-state index contributed by atoms with van der Waals surface area (Å²) in [5.74, 6) is -0.530. The highest BCUT2D eigenvalue weighted by atomic mass is 32.2. The van der Waals surface area contributed by atoms with E-state index in [0.717, 1.165) is 0 Å². The van der Waals surface area contributed by atoms with Gasteiger partial charge in [0.2, 0.25) is 15.9 Å². The number of primary amides is 1. The highest BCUT2D eigenvalue weighted by Crippen LogP contribution is 2.28. The number of nitrogens with zero attached hydrogens (tertiary/aromatic N) is 1. The Morgan fingerprint density at radius 2 is 2.00 bits per heavy atom. The van der Waals surface area contributed by atoms with Crippen molar-refractivity contribution in [2.24, 2.45) is 10.9 Å². The molecule has 0 unspecified atom stereocenters. The maximum atomic E-state index is 11.3. The molecular weight excluding hydrogens is 256 g/mol. The minimum atomic E-state index is -3.89. The standard InChI is InChI=1S/C10H16N4O3S/c1-2-14(6-9(11)15)7-4-3-5-8(10(7)12)18(13,16)17/h3-5H,2,6,12H2,1H3,(H2,11,15)(H2,13,16,17). The van der Waals surface area contributed by atoms with Gasteiger partial charge in [0.1, 0.15) is 4.90 Å². The molecule has 0 radical (unpaired) electrons. The molecule has 0 fully saturated rings. The van der Waals surface area contributed by atoms with Gasteiger partial charge in [-0.25, -0.2) is 13.6 Å². The van der Waals surface area contributed by atoms with Gasteiger partial charge in [-0.1, -0.05) is 6.07 Å². The molecule has 0 saturated carbocycles. The summed E-state index contributed by atoms with van der Waals surface area (Å²) in [5, 5.41) is 5.05. The molecule has 8 heteroatoms. The maximum absolute atomic E-state index is 11.3. The minimum Gasteiger partial charge on any atom is -0.396 e. The number of nitrogen functional groups attached to an aromatic ring is 1. The fraction of sp³-hybridized carbons (Fsp3) is 0.300. The molecule has 7 nitrogen and oxygen atoms in total. The molecule has 0 heterocycles. The zero-order chi connectivity index (χ0) is 13.9. The van der Waals surface area contributed by atoms with Crippen LogP contribution in [0.2, 0.25) is 0 Å². The predicted molar refractivity (Wildman–Crippen MR) is 69.3 cm³/mol. The van der Waals surface area contributed by atoms with Crippen LogP contribution < -0.4 is 21.5 Å². The van der Waals surface area contributed by atoms with Gasteiger partial charge < -0.3 is 16.4 Å². The van der Waals surface area contributed by atoms with Crippen LogP contribution in [0.3, 0.4) is 0 Å².